The zero-order valence-electron chi connectivity index (χ0n) is 15.7. The van der Waals surface area contributed by atoms with Crippen molar-refractivity contribution in [3.05, 3.63) is 77.9 Å². The Hall–Kier alpha value is -3.94. The zero-order valence-corrected chi connectivity index (χ0v) is 15.7. The van der Waals surface area contributed by atoms with Crippen LogP contribution in [0.4, 0.5) is 0 Å². The number of aromatic nitrogens is 7. The Morgan fingerprint density at radius 1 is 0.966 bits per heavy atom. The van der Waals surface area contributed by atoms with Gasteiger partial charge in [0.25, 0.3) is 0 Å². The number of hydrogen-bond acceptors (Lipinski definition) is 7. The van der Waals surface area contributed by atoms with E-state index in [9.17, 15) is 0 Å². The smallest absolute Gasteiger partial charge is 0.221 e. The van der Waals surface area contributed by atoms with E-state index < -0.39 is 0 Å². The molecule has 5 aromatic rings. The molecule has 0 amide bonds. The van der Waals surface area contributed by atoms with E-state index in [-0.39, 0.29) is 0 Å². The summed E-state index contributed by atoms with van der Waals surface area (Å²) < 4.78 is 6.96. The molecule has 0 aliphatic heterocycles. The van der Waals surface area contributed by atoms with Crippen LogP contribution in [-0.2, 0) is 13.0 Å². The van der Waals surface area contributed by atoms with Gasteiger partial charge in [0.1, 0.15) is 0 Å². The van der Waals surface area contributed by atoms with Crippen molar-refractivity contribution < 1.29 is 4.74 Å². The molecule has 0 atom stereocenters. The molecule has 0 spiro atoms. The lowest BCUT2D eigenvalue weighted by molar-refractivity contribution is 0.396. The molecule has 4 heterocycles. The molecule has 0 fully saturated rings. The summed E-state index contributed by atoms with van der Waals surface area (Å²) in [7, 11) is 1.60. The van der Waals surface area contributed by atoms with Crippen LogP contribution in [0.1, 0.15) is 17.0 Å². The Morgan fingerprint density at radius 3 is 2.86 bits per heavy atom. The van der Waals surface area contributed by atoms with Crippen molar-refractivity contribution in [2.45, 2.75) is 13.0 Å². The number of pyridine rings is 2. The minimum absolute atomic E-state index is 0.523. The first-order valence-electron chi connectivity index (χ1n) is 9.17. The highest BCUT2D eigenvalue weighted by atomic mass is 16.5. The molecule has 5 rings (SSSR count). The van der Waals surface area contributed by atoms with Crippen LogP contribution >= 0.6 is 0 Å². The topological polar surface area (TPSA) is 91.5 Å². The average Bonchev–Trinajstić information content (AvgIpc) is 3.16. The second-order valence-corrected chi connectivity index (χ2v) is 6.63. The van der Waals surface area contributed by atoms with E-state index >= 15 is 0 Å². The number of benzene rings is 1. The molecule has 0 aliphatic carbocycles. The number of ether oxygens (including phenoxy) is 1. The normalized spacial score (nSPS) is 11.2. The van der Waals surface area contributed by atoms with Crippen molar-refractivity contribution in [3.63, 3.8) is 0 Å². The maximum Gasteiger partial charge on any atom is 0.221 e. The first-order valence-corrected chi connectivity index (χ1v) is 9.17. The molecule has 1 aromatic carbocycles. The van der Waals surface area contributed by atoms with E-state index in [2.05, 4.69) is 31.3 Å². The summed E-state index contributed by atoms with van der Waals surface area (Å²) in [5.41, 5.74) is 4.89. The molecule has 0 unspecified atom stereocenters. The summed E-state index contributed by atoms with van der Waals surface area (Å²) in [4.78, 5) is 17.9. The van der Waals surface area contributed by atoms with Gasteiger partial charge in [0.05, 0.1) is 36.8 Å². The van der Waals surface area contributed by atoms with Crippen molar-refractivity contribution >= 4 is 22.2 Å². The number of hydrogen-bond donors (Lipinski definition) is 0. The van der Waals surface area contributed by atoms with Crippen LogP contribution in [0, 0.1) is 0 Å². The molecule has 0 N–H and O–H groups in total. The summed E-state index contributed by atoms with van der Waals surface area (Å²) in [5, 5.41) is 9.47. The van der Waals surface area contributed by atoms with Crippen LogP contribution in [-0.4, -0.2) is 42.0 Å². The third kappa shape index (κ3) is 3.47. The summed E-state index contributed by atoms with van der Waals surface area (Å²) >= 11 is 0. The van der Waals surface area contributed by atoms with Gasteiger partial charge in [-0.25, -0.2) is 19.6 Å². The quantitative estimate of drug-likeness (QED) is 0.461. The van der Waals surface area contributed by atoms with E-state index in [4.69, 9.17) is 9.72 Å². The highest BCUT2D eigenvalue weighted by Gasteiger charge is 2.11. The molecule has 8 nitrogen and oxygen atoms in total. The second-order valence-electron chi connectivity index (χ2n) is 6.63. The van der Waals surface area contributed by atoms with Crippen LogP contribution in [0.5, 0.6) is 5.88 Å². The summed E-state index contributed by atoms with van der Waals surface area (Å²) in [6, 6.07) is 15.8. The first-order chi connectivity index (χ1) is 14.3. The Bertz CT molecular complexity index is 1310. The van der Waals surface area contributed by atoms with Crippen molar-refractivity contribution in [1.29, 1.82) is 0 Å². The monoisotopic (exact) mass is 383 g/mol. The van der Waals surface area contributed by atoms with E-state index in [1.807, 2.05) is 42.5 Å². The molecule has 0 aliphatic rings. The highest BCUT2D eigenvalue weighted by molar-refractivity contribution is 5.79. The maximum atomic E-state index is 5.19. The van der Waals surface area contributed by atoms with Crippen LogP contribution in [0.2, 0.25) is 0 Å². The molecule has 29 heavy (non-hydrogen) atoms. The van der Waals surface area contributed by atoms with Gasteiger partial charge in [0, 0.05) is 24.1 Å². The molecule has 0 saturated carbocycles. The molecule has 0 saturated heterocycles. The van der Waals surface area contributed by atoms with Crippen LogP contribution in [0.25, 0.3) is 22.2 Å². The van der Waals surface area contributed by atoms with Gasteiger partial charge in [-0.15, -0.1) is 5.10 Å². The van der Waals surface area contributed by atoms with Gasteiger partial charge >= 0.3 is 0 Å². The van der Waals surface area contributed by atoms with Crippen molar-refractivity contribution in [1.82, 2.24) is 34.9 Å². The SMILES string of the molecule is COc1cccc(Cc2cnc3nnn(Cc4ccc5ncccc5c4)c3n2)n1. The maximum absolute atomic E-state index is 5.19. The van der Waals surface area contributed by atoms with Gasteiger partial charge in [-0.05, 0) is 29.8 Å². The lowest BCUT2D eigenvalue weighted by Crippen LogP contribution is -2.05. The Balaban J connectivity index is 1.45. The first kappa shape index (κ1) is 17.2. The molecule has 0 radical (unpaired) electrons. The fraction of sp³-hybridized carbons (Fsp3) is 0.143. The van der Waals surface area contributed by atoms with Gasteiger partial charge in [-0.1, -0.05) is 23.4 Å². The number of methoxy groups -OCH3 is 1. The van der Waals surface area contributed by atoms with E-state index in [0.29, 0.717) is 30.1 Å². The van der Waals surface area contributed by atoms with Gasteiger partial charge in [-0.3, -0.25) is 4.98 Å². The number of nitrogens with zero attached hydrogens (tertiary/aromatic N) is 7. The minimum atomic E-state index is 0.523. The van der Waals surface area contributed by atoms with Gasteiger partial charge in [0.2, 0.25) is 11.5 Å². The lowest BCUT2D eigenvalue weighted by atomic mass is 10.1. The standard InChI is InChI=1S/C21H17N7O/c1-29-19-6-2-5-16(24-19)11-17-12-23-20-21(25-17)28(27-26-20)13-14-7-8-18-15(10-14)4-3-9-22-18/h2-10,12H,11,13H2,1H3. The van der Waals surface area contributed by atoms with Gasteiger partial charge < -0.3 is 4.74 Å². The number of rotatable bonds is 5. The molecule has 142 valence electrons. The third-order valence-corrected chi connectivity index (χ3v) is 4.63. The van der Waals surface area contributed by atoms with E-state index in [1.165, 1.54) is 0 Å². The fourth-order valence-electron chi connectivity index (χ4n) is 3.23. The van der Waals surface area contributed by atoms with Crippen LogP contribution < -0.4 is 4.74 Å². The summed E-state index contributed by atoms with van der Waals surface area (Å²) in [5.74, 6) is 0.578. The van der Waals surface area contributed by atoms with Gasteiger partial charge in [0.15, 0.2) is 5.65 Å². The third-order valence-electron chi connectivity index (χ3n) is 4.63. The largest absolute Gasteiger partial charge is 0.481 e. The predicted molar refractivity (Wildman–Crippen MR) is 108 cm³/mol. The van der Waals surface area contributed by atoms with E-state index in [0.717, 1.165) is 27.9 Å². The van der Waals surface area contributed by atoms with Crippen molar-refractivity contribution in [2.24, 2.45) is 0 Å². The zero-order chi connectivity index (χ0) is 19.6. The van der Waals surface area contributed by atoms with Gasteiger partial charge in [-0.2, -0.15) is 0 Å². The Labute approximate surface area is 166 Å². The molecular weight excluding hydrogens is 366 g/mol. The molecular formula is C21H17N7O. The average molecular weight is 383 g/mol. The van der Waals surface area contributed by atoms with Crippen molar-refractivity contribution in [2.75, 3.05) is 7.11 Å². The van der Waals surface area contributed by atoms with Crippen LogP contribution in [0.3, 0.4) is 0 Å². The molecule has 8 heteroatoms. The second kappa shape index (κ2) is 7.23. The minimum Gasteiger partial charge on any atom is -0.481 e. The Morgan fingerprint density at radius 2 is 1.93 bits per heavy atom. The lowest BCUT2D eigenvalue weighted by Gasteiger charge is -2.05. The number of fused-ring (bicyclic) bond motifs is 2. The van der Waals surface area contributed by atoms with Crippen LogP contribution in [0.15, 0.2) is 60.9 Å². The highest BCUT2D eigenvalue weighted by Crippen LogP contribution is 2.16. The van der Waals surface area contributed by atoms with E-state index in [1.54, 1.807) is 24.2 Å². The molecule has 0 bridgehead atoms. The van der Waals surface area contributed by atoms with Crippen molar-refractivity contribution in [3.8, 4) is 5.88 Å². The predicted octanol–water partition coefficient (Wildman–Crippen LogP) is 2.81. The fourth-order valence-corrected chi connectivity index (χ4v) is 3.23. The summed E-state index contributed by atoms with van der Waals surface area (Å²) in [6.45, 7) is 0.552. The summed E-state index contributed by atoms with van der Waals surface area (Å²) in [6.07, 6.45) is 4.05. The molecule has 4 aromatic heterocycles. The Kier molecular flexibility index (Phi) is 4.28.